The lowest BCUT2D eigenvalue weighted by molar-refractivity contribution is 0.652. The van der Waals surface area contributed by atoms with Crippen molar-refractivity contribution in [2.24, 2.45) is 5.92 Å². The average molecular weight is 122 g/mol. The third-order valence-electron chi connectivity index (χ3n) is 1.69. The number of hydrogen-bond donors (Lipinski definition) is 0. The Bertz CT molecular complexity index is 120. The number of rotatable bonds is 0. The molecule has 1 aliphatic carbocycles. The Morgan fingerprint density at radius 3 is 3.00 bits per heavy atom. The van der Waals surface area contributed by atoms with Gasteiger partial charge in [-0.15, -0.1) is 0 Å². The van der Waals surface area contributed by atoms with Crippen LogP contribution in [0.25, 0.3) is 0 Å². The van der Waals surface area contributed by atoms with Crippen molar-refractivity contribution in [1.29, 1.82) is 0 Å². The predicted octanol–water partition coefficient (Wildman–Crippen LogP) is 2.92. The molecule has 50 valence electrons. The standard InChI is InChI=1S/C9H14/c1-9-7-5-3-2-4-6-8-9/h2-3,6,8-9H,4-5,7H2,1H3. The monoisotopic (exact) mass is 122 g/mol. The summed E-state index contributed by atoms with van der Waals surface area (Å²) in [5.41, 5.74) is 0. The molecule has 0 aliphatic heterocycles. The first kappa shape index (κ1) is 6.60. The Labute approximate surface area is 57.3 Å². The summed E-state index contributed by atoms with van der Waals surface area (Å²) in [5, 5.41) is 0. The average Bonchev–Trinajstić information content (AvgIpc) is 1.79. The topological polar surface area (TPSA) is 0 Å². The molecule has 1 rings (SSSR count). The molecule has 0 bridgehead atoms. The minimum Gasteiger partial charge on any atom is -0.0882 e. The van der Waals surface area contributed by atoms with Crippen molar-refractivity contribution in [2.75, 3.05) is 0 Å². The fraction of sp³-hybridized carbons (Fsp3) is 0.556. The summed E-state index contributed by atoms with van der Waals surface area (Å²) >= 11 is 0. The van der Waals surface area contributed by atoms with Gasteiger partial charge in [0.05, 0.1) is 0 Å². The molecule has 1 unspecified atom stereocenters. The van der Waals surface area contributed by atoms with Gasteiger partial charge in [0.15, 0.2) is 0 Å². The summed E-state index contributed by atoms with van der Waals surface area (Å²) < 4.78 is 0. The maximum absolute atomic E-state index is 2.31. The molecule has 0 aromatic heterocycles. The van der Waals surface area contributed by atoms with E-state index in [9.17, 15) is 0 Å². The van der Waals surface area contributed by atoms with E-state index in [-0.39, 0.29) is 0 Å². The van der Waals surface area contributed by atoms with Crippen molar-refractivity contribution in [1.82, 2.24) is 0 Å². The van der Waals surface area contributed by atoms with Crippen LogP contribution < -0.4 is 0 Å². The fourth-order valence-corrected chi connectivity index (χ4v) is 1.06. The molecule has 0 radical (unpaired) electrons. The van der Waals surface area contributed by atoms with Crippen molar-refractivity contribution in [3.8, 4) is 0 Å². The molecule has 9 heavy (non-hydrogen) atoms. The Morgan fingerprint density at radius 2 is 2.11 bits per heavy atom. The van der Waals surface area contributed by atoms with Crippen LogP contribution in [0.2, 0.25) is 0 Å². The maximum atomic E-state index is 2.31. The minimum atomic E-state index is 0.787. The lowest BCUT2D eigenvalue weighted by Gasteiger charge is -2.04. The van der Waals surface area contributed by atoms with Gasteiger partial charge in [0.1, 0.15) is 0 Å². The molecular weight excluding hydrogens is 108 g/mol. The van der Waals surface area contributed by atoms with E-state index >= 15 is 0 Å². The molecule has 1 aliphatic rings. The van der Waals surface area contributed by atoms with Crippen LogP contribution in [0.3, 0.4) is 0 Å². The third-order valence-corrected chi connectivity index (χ3v) is 1.69. The molecule has 0 spiro atoms. The highest BCUT2D eigenvalue weighted by Crippen LogP contribution is 2.10. The van der Waals surface area contributed by atoms with E-state index in [4.69, 9.17) is 0 Å². The zero-order valence-electron chi connectivity index (χ0n) is 6.01. The van der Waals surface area contributed by atoms with Crippen molar-refractivity contribution in [3.63, 3.8) is 0 Å². The van der Waals surface area contributed by atoms with Gasteiger partial charge in [-0.25, -0.2) is 0 Å². The Kier molecular flexibility index (Phi) is 2.56. The fourth-order valence-electron chi connectivity index (χ4n) is 1.06. The molecule has 1 atom stereocenters. The second-order valence-electron chi connectivity index (χ2n) is 2.69. The van der Waals surface area contributed by atoms with Gasteiger partial charge in [0.25, 0.3) is 0 Å². The van der Waals surface area contributed by atoms with Gasteiger partial charge in [-0.05, 0) is 25.2 Å². The lowest BCUT2D eigenvalue weighted by Crippen LogP contribution is -1.88. The molecule has 0 heteroatoms. The quantitative estimate of drug-likeness (QED) is 0.433. The summed E-state index contributed by atoms with van der Waals surface area (Å²) in [6, 6.07) is 0. The van der Waals surface area contributed by atoms with Crippen LogP contribution in [0, 0.1) is 5.92 Å². The summed E-state index contributed by atoms with van der Waals surface area (Å²) in [7, 11) is 0. The molecular formula is C9H14. The highest BCUT2D eigenvalue weighted by molar-refractivity contribution is 4.97. The zero-order chi connectivity index (χ0) is 6.53. The van der Waals surface area contributed by atoms with E-state index in [1.54, 1.807) is 0 Å². The van der Waals surface area contributed by atoms with Crippen LogP contribution in [-0.2, 0) is 0 Å². The van der Waals surface area contributed by atoms with Gasteiger partial charge in [0, 0.05) is 0 Å². The smallest absolute Gasteiger partial charge is 0.0169 e. The van der Waals surface area contributed by atoms with E-state index in [2.05, 4.69) is 31.2 Å². The van der Waals surface area contributed by atoms with Crippen LogP contribution in [0.5, 0.6) is 0 Å². The van der Waals surface area contributed by atoms with Crippen LogP contribution in [0.15, 0.2) is 24.3 Å². The second-order valence-corrected chi connectivity index (χ2v) is 2.69. The molecule has 0 N–H and O–H groups in total. The summed E-state index contributed by atoms with van der Waals surface area (Å²) in [5.74, 6) is 0.787. The van der Waals surface area contributed by atoms with E-state index < -0.39 is 0 Å². The van der Waals surface area contributed by atoms with Crippen LogP contribution >= 0.6 is 0 Å². The van der Waals surface area contributed by atoms with Crippen molar-refractivity contribution in [2.45, 2.75) is 26.2 Å². The first-order chi connectivity index (χ1) is 4.39. The molecule has 0 heterocycles. The Hall–Kier alpha value is -0.520. The van der Waals surface area contributed by atoms with Crippen LogP contribution in [0.1, 0.15) is 26.2 Å². The van der Waals surface area contributed by atoms with Crippen LogP contribution in [-0.4, -0.2) is 0 Å². The lowest BCUT2D eigenvalue weighted by atomic mass is 10.0. The van der Waals surface area contributed by atoms with Crippen molar-refractivity contribution in [3.05, 3.63) is 24.3 Å². The van der Waals surface area contributed by atoms with Gasteiger partial charge < -0.3 is 0 Å². The summed E-state index contributed by atoms with van der Waals surface area (Å²) in [6.45, 7) is 2.27. The van der Waals surface area contributed by atoms with Gasteiger partial charge in [0.2, 0.25) is 0 Å². The van der Waals surface area contributed by atoms with Gasteiger partial charge in [-0.3, -0.25) is 0 Å². The van der Waals surface area contributed by atoms with Gasteiger partial charge in [-0.1, -0.05) is 31.2 Å². The molecule has 0 nitrogen and oxygen atoms in total. The normalized spacial score (nSPS) is 27.4. The van der Waals surface area contributed by atoms with Crippen molar-refractivity contribution >= 4 is 0 Å². The summed E-state index contributed by atoms with van der Waals surface area (Å²) in [6.07, 6.45) is 12.8. The first-order valence-corrected chi connectivity index (χ1v) is 3.71. The highest BCUT2D eigenvalue weighted by atomic mass is 14.0. The molecule has 0 aromatic rings. The molecule has 0 aromatic carbocycles. The number of allylic oxidation sites excluding steroid dienone is 4. The SMILES string of the molecule is CC1C=CCC=CCC1. The minimum absolute atomic E-state index is 0.787. The molecule has 0 saturated heterocycles. The highest BCUT2D eigenvalue weighted by Gasteiger charge is 1.94. The van der Waals surface area contributed by atoms with E-state index in [0.717, 1.165) is 12.3 Å². The van der Waals surface area contributed by atoms with Crippen LogP contribution in [0.4, 0.5) is 0 Å². The second kappa shape index (κ2) is 3.49. The van der Waals surface area contributed by atoms with Gasteiger partial charge >= 0.3 is 0 Å². The molecule has 0 saturated carbocycles. The first-order valence-electron chi connectivity index (χ1n) is 3.71. The molecule has 0 fully saturated rings. The third kappa shape index (κ3) is 2.50. The summed E-state index contributed by atoms with van der Waals surface area (Å²) in [4.78, 5) is 0. The Balaban J connectivity index is 2.40. The Morgan fingerprint density at radius 1 is 1.22 bits per heavy atom. The predicted molar refractivity (Wildman–Crippen MR) is 41.3 cm³/mol. The van der Waals surface area contributed by atoms with Gasteiger partial charge in [-0.2, -0.15) is 0 Å². The van der Waals surface area contributed by atoms with E-state index in [1.807, 2.05) is 0 Å². The van der Waals surface area contributed by atoms with E-state index in [0.29, 0.717) is 0 Å². The molecule has 0 amide bonds. The van der Waals surface area contributed by atoms with Crippen molar-refractivity contribution < 1.29 is 0 Å². The zero-order valence-corrected chi connectivity index (χ0v) is 6.01. The maximum Gasteiger partial charge on any atom is -0.0169 e. The largest absolute Gasteiger partial charge is 0.0882 e. The van der Waals surface area contributed by atoms with E-state index in [1.165, 1.54) is 12.8 Å². The number of hydrogen-bond acceptors (Lipinski definition) is 0.